The van der Waals surface area contributed by atoms with Crippen LogP contribution in [-0.4, -0.2) is 41.0 Å². The number of carboxylic acids is 1. The SMILES string of the molecule is CCCNC(=O)c1ccc(-c2cc3c(cc2C(=O)NCc2ccc(N)cc2)-c2sccc2CCO3)c(C(=O)O)n1. The number of hydrogen-bond donors (Lipinski definition) is 4. The van der Waals surface area contributed by atoms with Crippen LogP contribution in [0.4, 0.5) is 5.69 Å². The second-order valence-electron chi connectivity index (χ2n) is 9.35. The number of nitrogen functional groups attached to an aromatic ring is 1. The lowest BCUT2D eigenvalue weighted by Crippen LogP contribution is -2.26. The zero-order valence-electron chi connectivity index (χ0n) is 21.8. The maximum absolute atomic E-state index is 13.7. The van der Waals surface area contributed by atoms with Crippen molar-refractivity contribution in [2.24, 2.45) is 0 Å². The van der Waals surface area contributed by atoms with Crippen LogP contribution in [0.15, 0.2) is 60.0 Å². The van der Waals surface area contributed by atoms with Gasteiger partial charge < -0.3 is 26.2 Å². The molecule has 0 unspecified atom stereocenters. The molecule has 0 saturated carbocycles. The van der Waals surface area contributed by atoms with E-state index >= 15 is 0 Å². The predicted octanol–water partition coefficient (Wildman–Crippen LogP) is 4.76. The molecule has 0 bridgehead atoms. The fourth-order valence-corrected chi connectivity index (χ4v) is 5.51. The van der Waals surface area contributed by atoms with Crippen LogP contribution in [0.5, 0.6) is 5.75 Å². The summed E-state index contributed by atoms with van der Waals surface area (Å²) in [5, 5.41) is 17.7. The largest absolute Gasteiger partial charge is 0.493 e. The number of thiophene rings is 1. The third-order valence-corrected chi connectivity index (χ3v) is 7.56. The molecule has 0 aliphatic carbocycles. The van der Waals surface area contributed by atoms with E-state index in [9.17, 15) is 19.5 Å². The first kappa shape index (κ1) is 26.9. The summed E-state index contributed by atoms with van der Waals surface area (Å²) in [4.78, 5) is 43.7. The Labute approximate surface area is 235 Å². The Kier molecular flexibility index (Phi) is 7.79. The van der Waals surface area contributed by atoms with Gasteiger partial charge >= 0.3 is 5.97 Å². The summed E-state index contributed by atoms with van der Waals surface area (Å²) in [5.41, 5.74) is 9.63. The van der Waals surface area contributed by atoms with Crippen molar-refractivity contribution in [3.05, 3.63) is 88.1 Å². The smallest absolute Gasteiger partial charge is 0.355 e. The Balaban J connectivity index is 1.61. The lowest BCUT2D eigenvalue weighted by atomic mass is 9.93. The van der Waals surface area contributed by atoms with Gasteiger partial charge in [-0.2, -0.15) is 0 Å². The highest BCUT2D eigenvalue weighted by atomic mass is 32.1. The highest BCUT2D eigenvalue weighted by molar-refractivity contribution is 7.13. The van der Waals surface area contributed by atoms with Gasteiger partial charge in [0.1, 0.15) is 11.4 Å². The average Bonchev–Trinajstić information content (AvgIpc) is 3.36. The molecule has 0 spiro atoms. The highest BCUT2D eigenvalue weighted by Crippen LogP contribution is 2.43. The standard InChI is InChI=1S/C30H28N4O5S/c1-2-11-32-29(36)24-8-7-20(26(34-24)30(37)38)21-15-25-23(27-18(9-12-39-25)10-13-40-27)14-22(21)28(35)33-16-17-3-5-19(31)6-4-17/h3-8,10,13-15H,2,9,11-12,16,31H2,1H3,(H,32,36)(H,33,35)(H,37,38). The molecule has 0 radical (unpaired) electrons. The molecule has 2 aromatic carbocycles. The van der Waals surface area contributed by atoms with E-state index in [1.54, 1.807) is 35.6 Å². The number of benzene rings is 2. The molecular formula is C30H28N4O5S. The molecular weight excluding hydrogens is 528 g/mol. The van der Waals surface area contributed by atoms with E-state index in [2.05, 4.69) is 15.6 Å². The Morgan fingerprint density at radius 1 is 1.00 bits per heavy atom. The summed E-state index contributed by atoms with van der Waals surface area (Å²) in [6.07, 6.45) is 1.44. The number of carbonyl (C=O) groups excluding carboxylic acids is 2. The summed E-state index contributed by atoms with van der Waals surface area (Å²) < 4.78 is 6.06. The topological polar surface area (TPSA) is 144 Å². The van der Waals surface area contributed by atoms with Crippen LogP contribution in [0.3, 0.4) is 0 Å². The summed E-state index contributed by atoms with van der Waals surface area (Å²) in [7, 11) is 0. The van der Waals surface area contributed by atoms with Crippen molar-refractivity contribution in [3.63, 3.8) is 0 Å². The van der Waals surface area contributed by atoms with Crippen LogP contribution in [0, 0.1) is 0 Å². The Morgan fingerprint density at radius 3 is 2.55 bits per heavy atom. The van der Waals surface area contributed by atoms with Crippen LogP contribution in [0.1, 0.15) is 55.8 Å². The van der Waals surface area contributed by atoms with E-state index in [1.165, 1.54) is 12.1 Å². The quantitative estimate of drug-likeness (QED) is 0.229. The molecule has 2 aromatic heterocycles. The Bertz CT molecular complexity index is 1600. The van der Waals surface area contributed by atoms with Crippen LogP contribution in [0.2, 0.25) is 0 Å². The maximum Gasteiger partial charge on any atom is 0.355 e. The van der Waals surface area contributed by atoms with E-state index in [0.717, 1.165) is 28.0 Å². The van der Waals surface area contributed by atoms with Crippen LogP contribution >= 0.6 is 11.3 Å². The number of anilines is 1. The monoisotopic (exact) mass is 556 g/mol. The highest BCUT2D eigenvalue weighted by Gasteiger charge is 2.26. The molecule has 2 amide bonds. The first-order valence-corrected chi connectivity index (χ1v) is 13.8. The first-order valence-electron chi connectivity index (χ1n) is 12.9. The molecule has 5 rings (SSSR count). The molecule has 0 fully saturated rings. The number of nitrogens with zero attached hydrogens (tertiary/aromatic N) is 1. The van der Waals surface area contributed by atoms with E-state index in [0.29, 0.717) is 36.6 Å². The summed E-state index contributed by atoms with van der Waals surface area (Å²) in [5.74, 6) is -1.62. The van der Waals surface area contributed by atoms with Crippen LogP contribution in [0.25, 0.3) is 21.6 Å². The molecule has 3 heterocycles. The van der Waals surface area contributed by atoms with Crippen molar-refractivity contribution in [1.82, 2.24) is 15.6 Å². The number of pyridine rings is 1. The van der Waals surface area contributed by atoms with Gasteiger partial charge in [0.25, 0.3) is 11.8 Å². The first-order chi connectivity index (χ1) is 19.4. The number of nitrogens with two attached hydrogens (primary N) is 1. The fourth-order valence-electron chi connectivity index (χ4n) is 4.54. The molecule has 5 N–H and O–H groups in total. The molecule has 1 aliphatic rings. The maximum atomic E-state index is 13.7. The lowest BCUT2D eigenvalue weighted by Gasteiger charge is -2.17. The number of nitrogens with one attached hydrogen (secondary N) is 2. The van der Waals surface area contributed by atoms with Crippen LogP contribution in [-0.2, 0) is 13.0 Å². The average molecular weight is 557 g/mol. The number of amides is 2. The van der Waals surface area contributed by atoms with Gasteiger partial charge in [0.15, 0.2) is 5.69 Å². The van der Waals surface area contributed by atoms with Crippen molar-refractivity contribution in [2.75, 3.05) is 18.9 Å². The number of carbonyl (C=O) groups is 3. The van der Waals surface area contributed by atoms with Crippen LogP contribution < -0.4 is 21.1 Å². The van der Waals surface area contributed by atoms with Crippen molar-refractivity contribution in [2.45, 2.75) is 26.3 Å². The number of aromatic carboxylic acids is 1. The number of fused-ring (bicyclic) bond motifs is 3. The molecule has 4 aromatic rings. The normalized spacial score (nSPS) is 11.9. The van der Waals surface area contributed by atoms with Gasteiger partial charge in [-0.1, -0.05) is 19.1 Å². The molecule has 9 nitrogen and oxygen atoms in total. The van der Waals surface area contributed by atoms with Gasteiger partial charge in [0, 0.05) is 52.3 Å². The van der Waals surface area contributed by atoms with Crippen molar-refractivity contribution in [1.29, 1.82) is 0 Å². The predicted molar refractivity (Wildman–Crippen MR) is 154 cm³/mol. The fraction of sp³-hybridized carbons (Fsp3) is 0.200. The van der Waals surface area contributed by atoms with Gasteiger partial charge in [-0.25, -0.2) is 9.78 Å². The van der Waals surface area contributed by atoms with E-state index in [-0.39, 0.29) is 29.1 Å². The van der Waals surface area contributed by atoms with Crippen molar-refractivity contribution in [3.8, 4) is 27.3 Å². The minimum Gasteiger partial charge on any atom is -0.493 e. The van der Waals surface area contributed by atoms with E-state index < -0.39 is 17.8 Å². The Hall–Kier alpha value is -4.70. The summed E-state index contributed by atoms with van der Waals surface area (Å²) in [6, 6.07) is 15.6. The minimum absolute atomic E-state index is 0.0156. The molecule has 204 valence electrons. The second kappa shape index (κ2) is 11.6. The van der Waals surface area contributed by atoms with Gasteiger partial charge in [0.05, 0.1) is 6.61 Å². The number of carboxylic acid groups (broad SMARTS) is 1. The minimum atomic E-state index is -1.32. The third kappa shape index (κ3) is 5.52. The van der Waals surface area contributed by atoms with Gasteiger partial charge in [0.2, 0.25) is 0 Å². The van der Waals surface area contributed by atoms with Gasteiger partial charge in [-0.15, -0.1) is 11.3 Å². The zero-order chi connectivity index (χ0) is 28.2. The lowest BCUT2D eigenvalue weighted by molar-refractivity contribution is 0.0690. The van der Waals surface area contributed by atoms with Crippen molar-refractivity contribution < 1.29 is 24.2 Å². The number of hydrogen-bond acceptors (Lipinski definition) is 7. The molecule has 1 aliphatic heterocycles. The zero-order valence-corrected chi connectivity index (χ0v) is 22.6. The van der Waals surface area contributed by atoms with E-state index in [1.807, 2.05) is 30.5 Å². The van der Waals surface area contributed by atoms with E-state index in [4.69, 9.17) is 10.5 Å². The third-order valence-electron chi connectivity index (χ3n) is 6.57. The van der Waals surface area contributed by atoms with Gasteiger partial charge in [-0.3, -0.25) is 9.59 Å². The molecule has 10 heteroatoms. The van der Waals surface area contributed by atoms with Crippen molar-refractivity contribution >= 4 is 34.8 Å². The number of aromatic nitrogens is 1. The Morgan fingerprint density at radius 2 is 1.80 bits per heavy atom. The summed E-state index contributed by atoms with van der Waals surface area (Å²) in [6.45, 7) is 3.05. The molecule has 40 heavy (non-hydrogen) atoms. The van der Waals surface area contributed by atoms with Gasteiger partial charge in [-0.05, 0) is 65.4 Å². The molecule has 0 atom stereocenters. The second-order valence-corrected chi connectivity index (χ2v) is 10.3. The molecule has 0 saturated heterocycles. The number of ether oxygens (including phenoxy) is 1. The summed E-state index contributed by atoms with van der Waals surface area (Å²) >= 11 is 1.56. The number of rotatable bonds is 8.